The molecule has 15 heavy (non-hydrogen) atoms. The molecule has 90 valence electrons. The Morgan fingerprint density at radius 1 is 1.20 bits per heavy atom. The van der Waals surface area contributed by atoms with E-state index in [9.17, 15) is 0 Å². The predicted molar refractivity (Wildman–Crippen MR) is 67.7 cm³/mol. The third kappa shape index (κ3) is 5.19. The predicted octanol–water partition coefficient (Wildman–Crippen LogP) is 2.42. The summed E-state index contributed by atoms with van der Waals surface area (Å²) in [5.41, 5.74) is 0. The zero-order valence-electron chi connectivity index (χ0n) is 10.2. The summed E-state index contributed by atoms with van der Waals surface area (Å²) in [6.45, 7) is 3.84. The molecule has 0 saturated carbocycles. The van der Waals surface area contributed by atoms with Crippen molar-refractivity contribution >= 4 is 11.6 Å². The van der Waals surface area contributed by atoms with Crippen molar-refractivity contribution in [1.29, 1.82) is 0 Å². The number of hydrogen-bond acceptors (Lipinski definition) is 2. The fraction of sp³-hybridized carbons (Fsp3) is 1.00. The zero-order chi connectivity index (χ0) is 11.1. The van der Waals surface area contributed by atoms with E-state index in [2.05, 4.69) is 23.9 Å². The maximum atomic E-state index is 5.65. The highest BCUT2D eigenvalue weighted by Crippen LogP contribution is 2.14. The van der Waals surface area contributed by atoms with E-state index in [1.165, 1.54) is 51.7 Å². The highest BCUT2D eigenvalue weighted by Gasteiger charge is 2.22. The third-order valence-electron chi connectivity index (χ3n) is 3.34. The minimum atomic E-state index is 0.785. The molecule has 3 heteroatoms. The Balaban J connectivity index is 1.99. The average molecular weight is 233 g/mol. The van der Waals surface area contributed by atoms with Crippen LogP contribution >= 0.6 is 11.6 Å². The SMILES string of the molecule is CN(C)C1CCN(CCCCCCCl)C1. The Bertz CT molecular complexity index is 162. The van der Waals surface area contributed by atoms with E-state index in [0.717, 1.165) is 11.9 Å². The molecule has 1 rings (SSSR count). The van der Waals surface area contributed by atoms with Gasteiger partial charge in [-0.2, -0.15) is 0 Å². The van der Waals surface area contributed by atoms with Crippen molar-refractivity contribution in [2.45, 2.75) is 38.1 Å². The van der Waals surface area contributed by atoms with E-state index in [0.29, 0.717) is 0 Å². The number of likely N-dealkylation sites (N-methyl/N-ethyl adjacent to an activating group) is 1. The second kappa shape index (κ2) is 7.48. The van der Waals surface area contributed by atoms with Gasteiger partial charge in [-0.25, -0.2) is 0 Å². The second-order valence-electron chi connectivity index (χ2n) is 4.81. The molecule has 1 atom stereocenters. The van der Waals surface area contributed by atoms with Gasteiger partial charge < -0.3 is 9.80 Å². The van der Waals surface area contributed by atoms with Gasteiger partial charge in [0.1, 0.15) is 0 Å². The van der Waals surface area contributed by atoms with E-state index in [1.54, 1.807) is 0 Å². The van der Waals surface area contributed by atoms with E-state index in [4.69, 9.17) is 11.6 Å². The molecule has 1 unspecified atom stereocenters. The molecule has 1 aliphatic rings. The van der Waals surface area contributed by atoms with Gasteiger partial charge >= 0.3 is 0 Å². The van der Waals surface area contributed by atoms with Gasteiger partial charge in [0.15, 0.2) is 0 Å². The van der Waals surface area contributed by atoms with Crippen molar-refractivity contribution in [3.8, 4) is 0 Å². The van der Waals surface area contributed by atoms with Gasteiger partial charge in [0.2, 0.25) is 0 Å². The van der Waals surface area contributed by atoms with Crippen LogP contribution in [-0.4, -0.2) is 55.5 Å². The summed E-state index contributed by atoms with van der Waals surface area (Å²) in [4.78, 5) is 4.96. The highest BCUT2D eigenvalue weighted by molar-refractivity contribution is 6.17. The van der Waals surface area contributed by atoms with Crippen LogP contribution in [0.4, 0.5) is 0 Å². The Labute approximate surface area is 99.6 Å². The van der Waals surface area contributed by atoms with Crippen LogP contribution in [0, 0.1) is 0 Å². The van der Waals surface area contributed by atoms with Crippen LogP contribution in [0.3, 0.4) is 0 Å². The fourth-order valence-corrected chi connectivity index (χ4v) is 2.41. The van der Waals surface area contributed by atoms with Gasteiger partial charge in [-0.3, -0.25) is 0 Å². The zero-order valence-corrected chi connectivity index (χ0v) is 11.0. The minimum Gasteiger partial charge on any atom is -0.305 e. The maximum absolute atomic E-state index is 5.65. The quantitative estimate of drug-likeness (QED) is 0.492. The topological polar surface area (TPSA) is 6.48 Å². The van der Waals surface area contributed by atoms with E-state index in [-0.39, 0.29) is 0 Å². The van der Waals surface area contributed by atoms with Crippen molar-refractivity contribution in [2.24, 2.45) is 0 Å². The summed E-state index contributed by atoms with van der Waals surface area (Å²) in [5, 5.41) is 0. The van der Waals surface area contributed by atoms with Crippen molar-refractivity contribution < 1.29 is 0 Å². The molecule has 0 bridgehead atoms. The summed E-state index contributed by atoms with van der Waals surface area (Å²) in [7, 11) is 4.38. The normalized spacial score (nSPS) is 22.8. The number of unbranched alkanes of at least 4 members (excludes halogenated alkanes) is 3. The number of halogens is 1. The van der Waals surface area contributed by atoms with Gasteiger partial charge in [0.25, 0.3) is 0 Å². The fourth-order valence-electron chi connectivity index (χ4n) is 2.22. The van der Waals surface area contributed by atoms with E-state index in [1.807, 2.05) is 0 Å². The molecule has 0 aromatic rings. The maximum Gasteiger partial charge on any atom is 0.0229 e. The highest BCUT2D eigenvalue weighted by atomic mass is 35.5. The van der Waals surface area contributed by atoms with Crippen LogP contribution in [0.25, 0.3) is 0 Å². The molecule has 0 spiro atoms. The summed E-state index contributed by atoms with van der Waals surface area (Å²) in [6.07, 6.45) is 6.51. The molecule has 0 aliphatic carbocycles. The van der Waals surface area contributed by atoms with Crippen LogP contribution in [0.5, 0.6) is 0 Å². The first-order chi connectivity index (χ1) is 7.24. The molecule has 1 fully saturated rings. The van der Waals surface area contributed by atoms with Crippen LogP contribution < -0.4 is 0 Å². The Morgan fingerprint density at radius 3 is 2.53 bits per heavy atom. The molecular weight excluding hydrogens is 208 g/mol. The van der Waals surface area contributed by atoms with Crippen LogP contribution in [0.15, 0.2) is 0 Å². The van der Waals surface area contributed by atoms with Crippen molar-refractivity contribution in [3.63, 3.8) is 0 Å². The molecule has 0 amide bonds. The second-order valence-corrected chi connectivity index (χ2v) is 5.19. The molecular formula is C12H25ClN2. The first-order valence-corrected chi connectivity index (χ1v) is 6.72. The average Bonchev–Trinajstić information content (AvgIpc) is 2.66. The lowest BCUT2D eigenvalue weighted by molar-refractivity contribution is 0.265. The van der Waals surface area contributed by atoms with E-state index >= 15 is 0 Å². The Hall–Kier alpha value is 0.210. The number of alkyl halides is 1. The molecule has 2 nitrogen and oxygen atoms in total. The first kappa shape index (κ1) is 13.3. The Kier molecular flexibility index (Phi) is 6.62. The largest absolute Gasteiger partial charge is 0.305 e. The third-order valence-corrected chi connectivity index (χ3v) is 3.60. The monoisotopic (exact) mass is 232 g/mol. The minimum absolute atomic E-state index is 0.785. The van der Waals surface area contributed by atoms with Crippen LogP contribution in [0.1, 0.15) is 32.1 Å². The molecule has 1 heterocycles. The summed E-state index contributed by atoms with van der Waals surface area (Å²) < 4.78 is 0. The van der Waals surface area contributed by atoms with Gasteiger partial charge in [0.05, 0.1) is 0 Å². The summed E-state index contributed by atoms with van der Waals surface area (Å²) in [6, 6.07) is 0.785. The lowest BCUT2D eigenvalue weighted by Gasteiger charge is -2.20. The van der Waals surface area contributed by atoms with Crippen molar-refractivity contribution in [3.05, 3.63) is 0 Å². The van der Waals surface area contributed by atoms with Crippen molar-refractivity contribution in [1.82, 2.24) is 9.80 Å². The number of rotatable bonds is 7. The van der Waals surface area contributed by atoms with Crippen molar-refractivity contribution in [2.75, 3.05) is 39.6 Å². The summed E-state index contributed by atoms with van der Waals surface area (Å²) >= 11 is 5.65. The van der Waals surface area contributed by atoms with Crippen LogP contribution in [0.2, 0.25) is 0 Å². The molecule has 1 aliphatic heterocycles. The lowest BCUT2D eigenvalue weighted by Crippen LogP contribution is -2.31. The summed E-state index contributed by atoms with van der Waals surface area (Å²) in [5.74, 6) is 0.826. The number of hydrogen-bond donors (Lipinski definition) is 0. The molecule has 1 saturated heterocycles. The lowest BCUT2D eigenvalue weighted by atomic mass is 10.2. The van der Waals surface area contributed by atoms with Gasteiger partial charge in [0, 0.05) is 18.5 Å². The first-order valence-electron chi connectivity index (χ1n) is 6.19. The molecule has 0 N–H and O–H groups in total. The van der Waals surface area contributed by atoms with E-state index < -0.39 is 0 Å². The molecule has 0 radical (unpaired) electrons. The van der Waals surface area contributed by atoms with Gasteiger partial charge in [-0.15, -0.1) is 11.6 Å². The van der Waals surface area contributed by atoms with Gasteiger partial charge in [-0.1, -0.05) is 12.8 Å². The van der Waals surface area contributed by atoms with Gasteiger partial charge in [-0.05, 0) is 46.4 Å². The number of nitrogens with zero attached hydrogens (tertiary/aromatic N) is 2. The number of likely N-dealkylation sites (tertiary alicyclic amines) is 1. The Morgan fingerprint density at radius 2 is 1.93 bits per heavy atom. The van der Waals surface area contributed by atoms with Crippen LogP contribution in [-0.2, 0) is 0 Å². The standard InChI is InChI=1S/C12H25ClN2/c1-14(2)12-7-10-15(11-12)9-6-4-3-5-8-13/h12H,3-11H2,1-2H3. The smallest absolute Gasteiger partial charge is 0.0229 e. The molecule has 0 aromatic heterocycles. The molecule has 0 aromatic carbocycles.